The van der Waals surface area contributed by atoms with E-state index in [4.69, 9.17) is 9.26 Å². The Morgan fingerprint density at radius 1 is 1.06 bits per heavy atom. The number of rotatable bonds is 9. The molecule has 0 spiro atoms. The number of amides is 1. The molecule has 8 nitrogen and oxygen atoms in total. The molecule has 1 aliphatic carbocycles. The number of benzene rings is 2. The third-order valence-electron chi connectivity index (χ3n) is 6.85. The maximum atomic E-state index is 12.8. The van der Waals surface area contributed by atoms with Gasteiger partial charge in [0.15, 0.2) is 0 Å². The van der Waals surface area contributed by atoms with Crippen LogP contribution in [0.2, 0.25) is 0 Å². The Labute approximate surface area is 206 Å². The zero-order chi connectivity index (χ0) is 24.2. The summed E-state index contributed by atoms with van der Waals surface area (Å²) in [5.74, 6) is 2.65. The van der Waals surface area contributed by atoms with Crippen LogP contribution in [0.15, 0.2) is 53.1 Å². The molecular weight excluding hydrogens is 442 g/mol. The molecule has 35 heavy (non-hydrogen) atoms. The van der Waals surface area contributed by atoms with Crippen LogP contribution in [0.25, 0.3) is 11.4 Å². The van der Waals surface area contributed by atoms with Gasteiger partial charge in [0.25, 0.3) is 0 Å². The van der Waals surface area contributed by atoms with Gasteiger partial charge in [-0.25, -0.2) is 0 Å². The van der Waals surface area contributed by atoms with Crippen LogP contribution in [0, 0.1) is 12.8 Å². The lowest BCUT2D eigenvalue weighted by Crippen LogP contribution is -2.49. The lowest BCUT2D eigenvalue weighted by atomic mass is 10.0. The first-order valence-corrected chi connectivity index (χ1v) is 12.3. The first kappa shape index (κ1) is 23.5. The number of aromatic nitrogens is 2. The number of hydrogen-bond acceptors (Lipinski definition) is 7. The lowest BCUT2D eigenvalue weighted by Gasteiger charge is -2.33. The van der Waals surface area contributed by atoms with Crippen LogP contribution >= 0.6 is 0 Å². The first-order chi connectivity index (χ1) is 17.1. The molecule has 2 heterocycles. The minimum Gasteiger partial charge on any atom is -0.497 e. The molecule has 1 aliphatic heterocycles. The average Bonchev–Trinajstić information content (AvgIpc) is 3.62. The Bertz CT molecular complexity index is 1120. The van der Waals surface area contributed by atoms with Gasteiger partial charge in [0, 0.05) is 31.7 Å². The molecule has 1 aromatic heterocycles. The van der Waals surface area contributed by atoms with Crippen LogP contribution in [0.5, 0.6) is 5.75 Å². The average molecular weight is 476 g/mol. The summed E-state index contributed by atoms with van der Waals surface area (Å²) in [4.78, 5) is 21.9. The van der Waals surface area contributed by atoms with Crippen molar-refractivity contribution >= 4 is 5.91 Å². The maximum absolute atomic E-state index is 12.8. The van der Waals surface area contributed by atoms with Gasteiger partial charge in [-0.1, -0.05) is 35.0 Å². The molecule has 184 valence electrons. The fourth-order valence-electron chi connectivity index (χ4n) is 4.57. The van der Waals surface area contributed by atoms with Crippen molar-refractivity contribution in [1.82, 2.24) is 25.3 Å². The van der Waals surface area contributed by atoms with E-state index in [2.05, 4.69) is 56.4 Å². The molecule has 3 aromatic rings. The molecule has 0 bridgehead atoms. The van der Waals surface area contributed by atoms with E-state index in [1.807, 2.05) is 24.3 Å². The van der Waals surface area contributed by atoms with Crippen molar-refractivity contribution in [3.05, 3.63) is 65.5 Å². The second-order valence-electron chi connectivity index (χ2n) is 9.59. The SMILES string of the molecule is COc1ccc(-c2noc(CN3CCN(CC(=O)NC(c4ccc(C)cc4)C4CC4)CC3)n2)cc1. The highest BCUT2D eigenvalue weighted by molar-refractivity contribution is 5.78. The number of methoxy groups -OCH3 is 1. The van der Waals surface area contributed by atoms with E-state index < -0.39 is 0 Å². The number of carbonyl (C=O) groups is 1. The largest absolute Gasteiger partial charge is 0.497 e. The van der Waals surface area contributed by atoms with Crippen molar-refractivity contribution in [1.29, 1.82) is 0 Å². The Hall–Kier alpha value is -3.23. The lowest BCUT2D eigenvalue weighted by molar-refractivity contribution is -0.123. The van der Waals surface area contributed by atoms with Crippen LogP contribution in [0.1, 0.15) is 35.9 Å². The molecule has 2 aromatic carbocycles. The summed E-state index contributed by atoms with van der Waals surface area (Å²) in [7, 11) is 1.64. The third-order valence-corrected chi connectivity index (χ3v) is 6.85. The molecule has 0 radical (unpaired) electrons. The van der Waals surface area contributed by atoms with Gasteiger partial charge < -0.3 is 14.6 Å². The van der Waals surface area contributed by atoms with Crippen molar-refractivity contribution in [2.24, 2.45) is 5.92 Å². The third kappa shape index (κ3) is 6.07. The molecule has 2 fully saturated rings. The Morgan fingerprint density at radius 2 is 1.74 bits per heavy atom. The van der Waals surface area contributed by atoms with Gasteiger partial charge in [0.05, 0.1) is 26.2 Å². The Morgan fingerprint density at radius 3 is 2.40 bits per heavy atom. The molecule has 2 aliphatic rings. The number of aryl methyl sites for hydroxylation is 1. The molecule has 8 heteroatoms. The number of ether oxygens (including phenoxy) is 1. The number of piperazine rings is 1. The molecule has 1 saturated heterocycles. The number of nitrogens with one attached hydrogen (secondary N) is 1. The number of carbonyl (C=O) groups excluding carboxylic acids is 1. The summed E-state index contributed by atoms with van der Waals surface area (Å²) in [6, 6.07) is 16.3. The van der Waals surface area contributed by atoms with Gasteiger partial charge in [0.2, 0.25) is 17.6 Å². The summed E-state index contributed by atoms with van der Waals surface area (Å²) in [5, 5.41) is 7.42. The molecule has 1 N–H and O–H groups in total. The van der Waals surface area contributed by atoms with E-state index in [9.17, 15) is 4.79 Å². The van der Waals surface area contributed by atoms with Crippen molar-refractivity contribution in [3.63, 3.8) is 0 Å². The van der Waals surface area contributed by atoms with Gasteiger partial charge in [-0.3, -0.25) is 14.6 Å². The normalized spacial score (nSPS) is 17.8. The maximum Gasteiger partial charge on any atom is 0.241 e. The highest BCUT2D eigenvalue weighted by atomic mass is 16.5. The standard InChI is InChI=1S/C27H33N5O3/c1-19-3-5-20(6-4-19)26(21-7-8-21)28-24(33)17-31-13-15-32(16-14-31)18-25-29-27(30-35-25)22-9-11-23(34-2)12-10-22/h3-6,9-12,21,26H,7-8,13-18H2,1-2H3,(H,28,33). The molecular formula is C27H33N5O3. The minimum absolute atomic E-state index is 0.108. The van der Waals surface area contributed by atoms with E-state index in [1.165, 1.54) is 24.0 Å². The van der Waals surface area contributed by atoms with E-state index in [0.717, 1.165) is 37.5 Å². The van der Waals surface area contributed by atoms with E-state index in [-0.39, 0.29) is 11.9 Å². The van der Waals surface area contributed by atoms with Crippen molar-refractivity contribution in [2.75, 3.05) is 39.8 Å². The zero-order valence-electron chi connectivity index (χ0n) is 20.4. The van der Waals surface area contributed by atoms with Gasteiger partial charge in [0.1, 0.15) is 5.75 Å². The molecule has 1 saturated carbocycles. The second-order valence-corrected chi connectivity index (χ2v) is 9.59. The molecule has 1 unspecified atom stereocenters. The second kappa shape index (κ2) is 10.6. The summed E-state index contributed by atoms with van der Waals surface area (Å²) in [6.45, 7) is 6.53. The Balaban J connectivity index is 1.09. The first-order valence-electron chi connectivity index (χ1n) is 12.3. The summed E-state index contributed by atoms with van der Waals surface area (Å²) < 4.78 is 10.7. The summed E-state index contributed by atoms with van der Waals surface area (Å²) >= 11 is 0. The van der Waals surface area contributed by atoms with Gasteiger partial charge in [-0.2, -0.15) is 4.98 Å². The molecule has 1 amide bonds. The van der Waals surface area contributed by atoms with Crippen LogP contribution in [0.4, 0.5) is 0 Å². The number of hydrogen-bond donors (Lipinski definition) is 1. The van der Waals surface area contributed by atoms with Gasteiger partial charge >= 0.3 is 0 Å². The van der Waals surface area contributed by atoms with Crippen LogP contribution in [-0.2, 0) is 11.3 Å². The fourth-order valence-corrected chi connectivity index (χ4v) is 4.57. The van der Waals surface area contributed by atoms with E-state index >= 15 is 0 Å². The minimum atomic E-state index is 0.108. The van der Waals surface area contributed by atoms with E-state index in [0.29, 0.717) is 30.7 Å². The highest BCUT2D eigenvalue weighted by Crippen LogP contribution is 2.41. The summed E-state index contributed by atoms with van der Waals surface area (Å²) in [5.41, 5.74) is 3.35. The zero-order valence-corrected chi connectivity index (χ0v) is 20.4. The Kier molecular flexibility index (Phi) is 7.11. The molecule has 1 atom stereocenters. The smallest absolute Gasteiger partial charge is 0.241 e. The number of nitrogens with zero attached hydrogens (tertiary/aromatic N) is 4. The van der Waals surface area contributed by atoms with Crippen molar-refractivity contribution in [2.45, 2.75) is 32.4 Å². The van der Waals surface area contributed by atoms with Crippen LogP contribution in [0.3, 0.4) is 0 Å². The fraction of sp³-hybridized carbons (Fsp3) is 0.444. The van der Waals surface area contributed by atoms with Crippen LogP contribution in [-0.4, -0.2) is 65.7 Å². The van der Waals surface area contributed by atoms with Gasteiger partial charge in [-0.05, 0) is 55.5 Å². The van der Waals surface area contributed by atoms with Crippen molar-refractivity contribution < 1.29 is 14.1 Å². The predicted molar refractivity (Wildman–Crippen MR) is 133 cm³/mol. The molecule has 5 rings (SSSR count). The monoisotopic (exact) mass is 475 g/mol. The topological polar surface area (TPSA) is 83.7 Å². The quantitative estimate of drug-likeness (QED) is 0.508. The van der Waals surface area contributed by atoms with Crippen LogP contribution < -0.4 is 10.1 Å². The summed E-state index contributed by atoms with van der Waals surface area (Å²) in [6.07, 6.45) is 2.38. The predicted octanol–water partition coefficient (Wildman–Crippen LogP) is 3.44. The van der Waals surface area contributed by atoms with Gasteiger partial charge in [-0.15, -0.1) is 0 Å². The van der Waals surface area contributed by atoms with E-state index in [1.54, 1.807) is 7.11 Å². The van der Waals surface area contributed by atoms with Crippen molar-refractivity contribution in [3.8, 4) is 17.1 Å². The highest BCUT2D eigenvalue weighted by Gasteiger charge is 2.33.